The molecule has 2 aliphatic heterocycles. The molecule has 0 radical (unpaired) electrons. The molecular weight excluding hydrogens is 370 g/mol. The molecule has 0 atom stereocenters. The number of morpholine rings is 1. The van der Waals surface area contributed by atoms with E-state index in [1.54, 1.807) is 11.3 Å². The van der Waals surface area contributed by atoms with Crippen LogP contribution in [0.25, 0.3) is 10.7 Å². The first-order valence-electron chi connectivity index (χ1n) is 9.74. The van der Waals surface area contributed by atoms with Gasteiger partial charge >= 0.3 is 0 Å². The molecule has 3 aromatic rings. The molecule has 2 aliphatic rings. The molecule has 5 heterocycles. The summed E-state index contributed by atoms with van der Waals surface area (Å²) in [5.74, 6) is 1.90. The van der Waals surface area contributed by atoms with E-state index in [0.29, 0.717) is 0 Å². The largest absolute Gasteiger partial charge is 0.378 e. The van der Waals surface area contributed by atoms with Crippen LogP contribution in [0.1, 0.15) is 16.8 Å². The number of thiophene rings is 1. The van der Waals surface area contributed by atoms with E-state index in [1.807, 2.05) is 18.5 Å². The molecule has 7 heteroatoms. The normalized spacial score (nSPS) is 17.5. The summed E-state index contributed by atoms with van der Waals surface area (Å²) >= 11 is 1.69. The molecule has 0 aromatic carbocycles. The Bertz CT molecular complexity index is 922. The average molecular weight is 394 g/mol. The number of anilines is 1. The Morgan fingerprint density at radius 2 is 1.96 bits per heavy atom. The van der Waals surface area contributed by atoms with Crippen molar-refractivity contribution < 1.29 is 4.74 Å². The molecule has 0 N–H and O–H groups in total. The van der Waals surface area contributed by atoms with Gasteiger partial charge in [-0.05, 0) is 23.1 Å². The molecule has 0 bridgehead atoms. The summed E-state index contributed by atoms with van der Waals surface area (Å²) in [6, 6.07) is 8.46. The predicted octanol–water partition coefficient (Wildman–Crippen LogP) is 3.00. The van der Waals surface area contributed by atoms with Gasteiger partial charge in [-0.25, -0.2) is 15.0 Å². The molecule has 1 fully saturated rings. The highest BCUT2D eigenvalue weighted by molar-refractivity contribution is 7.13. The molecule has 0 aliphatic carbocycles. The predicted molar refractivity (Wildman–Crippen MR) is 110 cm³/mol. The summed E-state index contributed by atoms with van der Waals surface area (Å²) in [6.07, 6.45) is 4.98. The Hall–Kier alpha value is -2.35. The maximum atomic E-state index is 5.42. The SMILES string of the molecule is c1csc(-c2ncc3c(n2)CCN(Cc2ccc(N4CCOCC4)nc2)C3)c1. The Morgan fingerprint density at radius 3 is 2.75 bits per heavy atom. The quantitative estimate of drug-likeness (QED) is 0.679. The molecule has 0 unspecified atom stereocenters. The summed E-state index contributed by atoms with van der Waals surface area (Å²) in [4.78, 5) is 19.9. The lowest BCUT2D eigenvalue weighted by atomic mass is 10.1. The first kappa shape index (κ1) is 17.7. The highest BCUT2D eigenvalue weighted by Crippen LogP contribution is 2.25. The van der Waals surface area contributed by atoms with Crippen LogP contribution in [-0.2, 0) is 24.2 Å². The number of fused-ring (bicyclic) bond motifs is 1. The van der Waals surface area contributed by atoms with Gasteiger partial charge in [0.15, 0.2) is 5.82 Å². The summed E-state index contributed by atoms with van der Waals surface area (Å²) in [5.41, 5.74) is 3.68. The van der Waals surface area contributed by atoms with Gasteiger partial charge in [-0.1, -0.05) is 12.1 Å². The Morgan fingerprint density at radius 1 is 1.04 bits per heavy atom. The maximum absolute atomic E-state index is 5.42. The number of aromatic nitrogens is 3. The van der Waals surface area contributed by atoms with Crippen molar-refractivity contribution in [2.75, 3.05) is 37.7 Å². The lowest BCUT2D eigenvalue weighted by Crippen LogP contribution is -2.36. The zero-order valence-corrected chi connectivity index (χ0v) is 16.6. The van der Waals surface area contributed by atoms with Crippen molar-refractivity contribution in [1.82, 2.24) is 19.9 Å². The van der Waals surface area contributed by atoms with E-state index in [9.17, 15) is 0 Å². The first-order chi connectivity index (χ1) is 13.8. The van der Waals surface area contributed by atoms with Crippen molar-refractivity contribution in [2.24, 2.45) is 0 Å². The summed E-state index contributed by atoms with van der Waals surface area (Å²) in [5, 5.41) is 2.07. The minimum absolute atomic E-state index is 0.785. The minimum Gasteiger partial charge on any atom is -0.378 e. The van der Waals surface area contributed by atoms with Crippen molar-refractivity contribution in [3.05, 3.63) is 58.9 Å². The minimum atomic E-state index is 0.785. The van der Waals surface area contributed by atoms with Crippen LogP contribution in [0.2, 0.25) is 0 Å². The molecule has 28 heavy (non-hydrogen) atoms. The summed E-state index contributed by atoms with van der Waals surface area (Å²) in [6.45, 7) is 6.22. The molecule has 3 aromatic heterocycles. The van der Waals surface area contributed by atoms with Gasteiger partial charge in [-0.3, -0.25) is 4.90 Å². The van der Waals surface area contributed by atoms with Crippen LogP contribution >= 0.6 is 11.3 Å². The second-order valence-corrected chi connectivity index (χ2v) is 8.18. The van der Waals surface area contributed by atoms with E-state index in [2.05, 4.69) is 43.3 Å². The monoisotopic (exact) mass is 393 g/mol. The smallest absolute Gasteiger partial charge is 0.169 e. The third-order valence-corrected chi connectivity index (χ3v) is 6.17. The van der Waals surface area contributed by atoms with E-state index in [-0.39, 0.29) is 0 Å². The van der Waals surface area contributed by atoms with E-state index < -0.39 is 0 Å². The zero-order chi connectivity index (χ0) is 18.8. The third-order valence-electron chi connectivity index (χ3n) is 5.30. The Balaban J connectivity index is 1.24. The van der Waals surface area contributed by atoms with Crippen molar-refractivity contribution in [1.29, 1.82) is 0 Å². The number of nitrogens with zero attached hydrogens (tertiary/aromatic N) is 5. The van der Waals surface area contributed by atoms with Gasteiger partial charge in [0.1, 0.15) is 5.82 Å². The van der Waals surface area contributed by atoms with Gasteiger partial charge in [-0.2, -0.15) is 0 Å². The number of hydrogen-bond acceptors (Lipinski definition) is 7. The lowest BCUT2D eigenvalue weighted by molar-refractivity contribution is 0.122. The van der Waals surface area contributed by atoms with Crippen LogP contribution in [0.3, 0.4) is 0 Å². The van der Waals surface area contributed by atoms with E-state index in [4.69, 9.17) is 9.72 Å². The molecule has 1 saturated heterocycles. The van der Waals surface area contributed by atoms with Crippen LogP contribution < -0.4 is 4.90 Å². The number of rotatable bonds is 4. The second-order valence-electron chi connectivity index (χ2n) is 7.23. The fourth-order valence-corrected chi connectivity index (χ4v) is 4.45. The van der Waals surface area contributed by atoms with Gasteiger partial charge in [-0.15, -0.1) is 11.3 Å². The molecule has 0 saturated carbocycles. The van der Waals surface area contributed by atoms with Crippen LogP contribution in [0.5, 0.6) is 0 Å². The molecule has 6 nitrogen and oxygen atoms in total. The van der Waals surface area contributed by atoms with Gasteiger partial charge < -0.3 is 9.64 Å². The Kier molecular flexibility index (Phi) is 5.03. The maximum Gasteiger partial charge on any atom is 0.169 e. The van der Waals surface area contributed by atoms with Crippen molar-refractivity contribution in [3.8, 4) is 10.7 Å². The first-order valence-corrected chi connectivity index (χ1v) is 10.6. The third kappa shape index (κ3) is 3.78. The lowest BCUT2D eigenvalue weighted by Gasteiger charge is -2.29. The summed E-state index contributed by atoms with van der Waals surface area (Å²) in [7, 11) is 0. The van der Waals surface area contributed by atoms with Gasteiger partial charge in [0, 0.05) is 57.1 Å². The van der Waals surface area contributed by atoms with Crippen LogP contribution in [0.15, 0.2) is 42.0 Å². The number of hydrogen-bond donors (Lipinski definition) is 0. The highest BCUT2D eigenvalue weighted by Gasteiger charge is 2.19. The van der Waals surface area contributed by atoms with Gasteiger partial charge in [0.2, 0.25) is 0 Å². The second kappa shape index (κ2) is 7.95. The van der Waals surface area contributed by atoms with Crippen molar-refractivity contribution in [2.45, 2.75) is 19.5 Å². The zero-order valence-electron chi connectivity index (χ0n) is 15.8. The van der Waals surface area contributed by atoms with Crippen LogP contribution in [-0.4, -0.2) is 52.7 Å². The fourth-order valence-electron chi connectivity index (χ4n) is 3.78. The standard InChI is InChI=1S/C21H23N5OS/c1-2-19(28-11-1)21-23-13-17-15-25(6-5-18(17)24-21)14-16-3-4-20(22-12-16)26-7-9-27-10-8-26/h1-4,11-13H,5-10,14-15H2. The summed E-state index contributed by atoms with van der Waals surface area (Å²) < 4.78 is 5.42. The molecule has 144 valence electrons. The molecular formula is C21H23N5OS. The molecule has 0 amide bonds. The average Bonchev–Trinajstić information content (AvgIpc) is 3.30. The molecule has 0 spiro atoms. The van der Waals surface area contributed by atoms with Crippen molar-refractivity contribution in [3.63, 3.8) is 0 Å². The molecule has 5 rings (SSSR count). The fraction of sp³-hybridized carbons (Fsp3) is 0.381. The van der Waals surface area contributed by atoms with Crippen molar-refractivity contribution >= 4 is 17.2 Å². The topological polar surface area (TPSA) is 54.4 Å². The van der Waals surface area contributed by atoms with Crippen LogP contribution in [0, 0.1) is 0 Å². The van der Waals surface area contributed by atoms with Gasteiger partial charge in [0.25, 0.3) is 0 Å². The number of ether oxygens (including phenoxy) is 1. The van der Waals surface area contributed by atoms with E-state index in [1.165, 1.54) is 16.8 Å². The Labute approximate surface area is 168 Å². The number of pyridine rings is 1. The van der Waals surface area contributed by atoms with Crippen LogP contribution in [0.4, 0.5) is 5.82 Å². The van der Waals surface area contributed by atoms with E-state index >= 15 is 0 Å². The highest BCUT2D eigenvalue weighted by atomic mass is 32.1. The van der Waals surface area contributed by atoms with E-state index in [0.717, 1.165) is 68.9 Å². The van der Waals surface area contributed by atoms with Gasteiger partial charge in [0.05, 0.1) is 23.8 Å².